The Morgan fingerprint density at radius 2 is 1.71 bits per heavy atom. The summed E-state index contributed by atoms with van der Waals surface area (Å²) in [5.74, 6) is 1.25. The largest absolute Gasteiger partial charge is 0.480 e. The van der Waals surface area contributed by atoms with E-state index >= 15 is 0 Å². The molecule has 1 amide bonds. The summed E-state index contributed by atoms with van der Waals surface area (Å²) in [5.41, 5.74) is 0.819. The second kappa shape index (κ2) is 8.03. The first-order chi connectivity index (χ1) is 13.4. The van der Waals surface area contributed by atoms with Gasteiger partial charge in [-0.25, -0.2) is 8.42 Å². The summed E-state index contributed by atoms with van der Waals surface area (Å²) in [6.45, 7) is 4.91. The SMILES string of the molecule is CC1CCN(S(=O)(=O)c2ccc3c(c2)CC(C(=O)N2CCCCCC2)O3)CC1. The quantitative estimate of drug-likeness (QED) is 0.774. The van der Waals surface area contributed by atoms with E-state index in [2.05, 4.69) is 6.92 Å². The lowest BCUT2D eigenvalue weighted by atomic mass is 10.0. The minimum atomic E-state index is -3.49. The number of piperidine rings is 1. The molecular weight excluding hydrogens is 376 g/mol. The van der Waals surface area contributed by atoms with Gasteiger partial charge in [-0.1, -0.05) is 19.8 Å². The molecule has 1 aromatic carbocycles. The van der Waals surface area contributed by atoms with Crippen LogP contribution in [-0.2, 0) is 21.2 Å². The number of nitrogens with zero attached hydrogens (tertiary/aromatic N) is 2. The van der Waals surface area contributed by atoms with Gasteiger partial charge in [0.25, 0.3) is 5.91 Å². The highest BCUT2D eigenvalue weighted by Gasteiger charge is 2.34. The van der Waals surface area contributed by atoms with Crippen molar-refractivity contribution >= 4 is 15.9 Å². The molecule has 1 atom stereocenters. The third-order valence-corrected chi connectivity index (χ3v) is 8.17. The second-order valence-electron chi connectivity index (χ2n) is 8.41. The summed E-state index contributed by atoms with van der Waals surface area (Å²) in [6.07, 6.45) is 6.16. The van der Waals surface area contributed by atoms with E-state index in [4.69, 9.17) is 4.74 Å². The van der Waals surface area contributed by atoms with Crippen LogP contribution in [0.5, 0.6) is 5.75 Å². The first kappa shape index (κ1) is 19.7. The van der Waals surface area contributed by atoms with E-state index in [1.807, 2.05) is 4.90 Å². The molecular formula is C21H30N2O4S. The predicted octanol–water partition coefficient (Wildman–Crippen LogP) is 2.81. The second-order valence-corrected chi connectivity index (χ2v) is 10.3. The van der Waals surface area contributed by atoms with Crippen molar-refractivity contribution in [2.24, 2.45) is 5.92 Å². The zero-order chi connectivity index (χ0) is 19.7. The lowest BCUT2D eigenvalue weighted by Crippen LogP contribution is -2.41. The van der Waals surface area contributed by atoms with Crippen LogP contribution in [0, 0.1) is 5.92 Å². The van der Waals surface area contributed by atoms with Crippen LogP contribution in [-0.4, -0.2) is 55.8 Å². The molecule has 3 aliphatic heterocycles. The van der Waals surface area contributed by atoms with Gasteiger partial charge in [-0.2, -0.15) is 4.31 Å². The zero-order valence-corrected chi connectivity index (χ0v) is 17.4. The molecule has 0 saturated carbocycles. The summed E-state index contributed by atoms with van der Waals surface area (Å²) in [4.78, 5) is 15.1. The number of sulfonamides is 1. The number of hydrogen-bond acceptors (Lipinski definition) is 4. The fourth-order valence-electron chi connectivity index (χ4n) is 4.39. The number of fused-ring (bicyclic) bond motifs is 1. The Bertz CT molecular complexity index is 823. The molecule has 1 unspecified atom stereocenters. The number of hydrogen-bond donors (Lipinski definition) is 0. The number of likely N-dealkylation sites (tertiary alicyclic amines) is 1. The molecule has 0 aromatic heterocycles. The minimum absolute atomic E-state index is 0.0347. The van der Waals surface area contributed by atoms with Gasteiger partial charge in [0, 0.05) is 32.6 Å². The van der Waals surface area contributed by atoms with Gasteiger partial charge in [0.1, 0.15) is 5.75 Å². The summed E-state index contributed by atoms with van der Waals surface area (Å²) < 4.78 is 33.5. The van der Waals surface area contributed by atoms with Gasteiger partial charge in [-0.3, -0.25) is 4.79 Å². The highest BCUT2D eigenvalue weighted by atomic mass is 32.2. The standard InChI is InChI=1S/C21H30N2O4S/c1-16-8-12-23(13-9-16)28(25,26)18-6-7-19-17(14-18)15-20(27-19)21(24)22-10-4-2-3-5-11-22/h6-7,14,16,20H,2-5,8-13,15H2,1H3. The smallest absolute Gasteiger partial charge is 0.263 e. The van der Waals surface area contributed by atoms with Gasteiger partial charge in [0.05, 0.1) is 4.90 Å². The van der Waals surface area contributed by atoms with Crippen LogP contribution in [0.4, 0.5) is 0 Å². The molecule has 2 fully saturated rings. The first-order valence-electron chi connectivity index (χ1n) is 10.5. The Balaban J connectivity index is 1.47. The van der Waals surface area contributed by atoms with Crippen LogP contribution in [0.15, 0.2) is 23.1 Å². The van der Waals surface area contributed by atoms with Gasteiger partial charge < -0.3 is 9.64 Å². The summed E-state index contributed by atoms with van der Waals surface area (Å²) in [7, 11) is -3.49. The Kier molecular flexibility index (Phi) is 5.65. The molecule has 28 heavy (non-hydrogen) atoms. The van der Waals surface area contributed by atoms with Gasteiger partial charge >= 0.3 is 0 Å². The maximum absolute atomic E-state index is 13.0. The molecule has 1 aromatic rings. The lowest BCUT2D eigenvalue weighted by molar-refractivity contribution is -0.137. The maximum Gasteiger partial charge on any atom is 0.263 e. The molecule has 0 aliphatic carbocycles. The third kappa shape index (κ3) is 3.92. The van der Waals surface area contributed by atoms with E-state index < -0.39 is 16.1 Å². The van der Waals surface area contributed by atoms with Gasteiger partial charge in [0.15, 0.2) is 6.10 Å². The Morgan fingerprint density at radius 3 is 2.39 bits per heavy atom. The van der Waals surface area contributed by atoms with Crippen molar-refractivity contribution in [1.82, 2.24) is 9.21 Å². The normalized spacial score (nSPS) is 24.5. The number of carbonyl (C=O) groups excluding carboxylic acids is 1. The fraction of sp³-hybridized carbons (Fsp3) is 0.667. The molecule has 4 rings (SSSR count). The highest BCUT2D eigenvalue weighted by Crippen LogP contribution is 2.33. The fourth-order valence-corrected chi connectivity index (χ4v) is 5.91. The van der Waals surface area contributed by atoms with Crippen LogP contribution in [0.1, 0.15) is 51.0 Å². The molecule has 0 N–H and O–H groups in total. The molecule has 0 radical (unpaired) electrons. The van der Waals surface area contributed by atoms with Gasteiger partial charge in [0.2, 0.25) is 10.0 Å². The number of carbonyl (C=O) groups is 1. The first-order valence-corrected chi connectivity index (χ1v) is 12.0. The lowest BCUT2D eigenvalue weighted by Gasteiger charge is -2.29. The van der Waals surface area contributed by atoms with Crippen molar-refractivity contribution in [3.63, 3.8) is 0 Å². The number of amides is 1. The Hall–Kier alpha value is -1.60. The topological polar surface area (TPSA) is 66.9 Å². The molecule has 6 nitrogen and oxygen atoms in total. The predicted molar refractivity (Wildman–Crippen MR) is 107 cm³/mol. The number of rotatable bonds is 3. The van der Waals surface area contributed by atoms with Crippen molar-refractivity contribution < 1.29 is 17.9 Å². The van der Waals surface area contributed by atoms with Crippen molar-refractivity contribution in [1.29, 1.82) is 0 Å². The van der Waals surface area contributed by atoms with E-state index in [0.717, 1.165) is 44.3 Å². The van der Waals surface area contributed by atoms with E-state index in [1.54, 1.807) is 22.5 Å². The molecule has 2 saturated heterocycles. The van der Waals surface area contributed by atoms with Crippen LogP contribution in [0.25, 0.3) is 0 Å². The molecule has 3 aliphatic rings. The van der Waals surface area contributed by atoms with Gasteiger partial charge in [-0.05, 0) is 55.4 Å². The van der Waals surface area contributed by atoms with Crippen molar-refractivity contribution in [2.75, 3.05) is 26.2 Å². The summed E-state index contributed by atoms with van der Waals surface area (Å²) in [5, 5.41) is 0. The highest BCUT2D eigenvalue weighted by molar-refractivity contribution is 7.89. The molecule has 0 spiro atoms. The Morgan fingerprint density at radius 1 is 1.04 bits per heavy atom. The monoisotopic (exact) mass is 406 g/mol. The zero-order valence-electron chi connectivity index (χ0n) is 16.6. The van der Waals surface area contributed by atoms with E-state index in [9.17, 15) is 13.2 Å². The molecule has 3 heterocycles. The van der Waals surface area contributed by atoms with E-state index in [0.29, 0.717) is 36.1 Å². The van der Waals surface area contributed by atoms with E-state index in [-0.39, 0.29) is 5.91 Å². The average molecular weight is 407 g/mol. The van der Waals surface area contributed by atoms with E-state index in [1.165, 1.54) is 12.8 Å². The summed E-state index contributed by atoms with van der Waals surface area (Å²) in [6, 6.07) is 5.04. The Labute approximate surface area is 167 Å². The number of benzene rings is 1. The minimum Gasteiger partial charge on any atom is -0.480 e. The average Bonchev–Trinajstić information content (AvgIpc) is 2.93. The number of ether oxygens (including phenoxy) is 1. The van der Waals surface area contributed by atoms with Crippen LogP contribution in [0.2, 0.25) is 0 Å². The third-order valence-electron chi connectivity index (χ3n) is 6.28. The van der Waals surface area contributed by atoms with Crippen molar-refractivity contribution in [3.8, 4) is 5.75 Å². The van der Waals surface area contributed by atoms with Crippen molar-refractivity contribution in [2.45, 2.75) is 62.9 Å². The van der Waals surface area contributed by atoms with Crippen LogP contribution < -0.4 is 4.74 Å². The van der Waals surface area contributed by atoms with Crippen LogP contribution in [0.3, 0.4) is 0 Å². The van der Waals surface area contributed by atoms with Crippen molar-refractivity contribution in [3.05, 3.63) is 23.8 Å². The van der Waals surface area contributed by atoms with Gasteiger partial charge in [-0.15, -0.1) is 0 Å². The summed E-state index contributed by atoms with van der Waals surface area (Å²) >= 11 is 0. The maximum atomic E-state index is 13.0. The molecule has 7 heteroatoms. The van der Waals surface area contributed by atoms with Crippen LogP contribution >= 0.6 is 0 Å². The molecule has 154 valence electrons. The molecule has 0 bridgehead atoms.